The van der Waals surface area contributed by atoms with Gasteiger partial charge in [0.15, 0.2) is 0 Å². The average Bonchev–Trinajstić information content (AvgIpc) is 2.18. The van der Waals surface area contributed by atoms with E-state index in [1.54, 1.807) is 5.57 Å². The molecule has 16 heavy (non-hydrogen) atoms. The molecule has 0 amide bonds. The van der Waals surface area contributed by atoms with E-state index in [1.807, 2.05) is 0 Å². The standard InChI is InChI=1S/C16H24/c1-3-7-11-15(12-8-4-1)16-13-9-5-2-6-10-14-16/h7,11-13H,1-6,8-10,14H2/b11-7-,15-12?,16-13?. The number of hydrogen-bond donors (Lipinski definition) is 0. The Morgan fingerprint density at radius 3 is 2.44 bits per heavy atom. The molecule has 0 heterocycles. The molecule has 0 atom stereocenters. The van der Waals surface area contributed by atoms with Gasteiger partial charge in [-0.3, -0.25) is 0 Å². The van der Waals surface area contributed by atoms with Gasteiger partial charge in [0, 0.05) is 0 Å². The summed E-state index contributed by atoms with van der Waals surface area (Å²) < 4.78 is 0. The van der Waals surface area contributed by atoms with Gasteiger partial charge in [-0.25, -0.2) is 0 Å². The predicted octanol–water partition coefficient (Wildman–Crippen LogP) is 5.32. The van der Waals surface area contributed by atoms with Gasteiger partial charge in [0.05, 0.1) is 0 Å². The van der Waals surface area contributed by atoms with Gasteiger partial charge >= 0.3 is 0 Å². The van der Waals surface area contributed by atoms with Crippen molar-refractivity contribution in [1.29, 1.82) is 0 Å². The van der Waals surface area contributed by atoms with E-state index >= 15 is 0 Å². The van der Waals surface area contributed by atoms with E-state index < -0.39 is 0 Å². The van der Waals surface area contributed by atoms with Crippen LogP contribution in [0.25, 0.3) is 0 Å². The predicted molar refractivity (Wildman–Crippen MR) is 71.5 cm³/mol. The lowest BCUT2D eigenvalue weighted by Gasteiger charge is -2.14. The lowest BCUT2D eigenvalue weighted by atomic mass is 9.92. The van der Waals surface area contributed by atoms with E-state index in [9.17, 15) is 0 Å². The molecule has 0 N–H and O–H groups in total. The van der Waals surface area contributed by atoms with Crippen molar-refractivity contribution in [3.63, 3.8) is 0 Å². The normalized spacial score (nSPS) is 25.5. The first kappa shape index (κ1) is 11.7. The first-order chi connectivity index (χ1) is 7.97. The van der Waals surface area contributed by atoms with Crippen LogP contribution in [-0.4, -0.2) is 0 Å². The lowest BCUT2D eigenvalue weighted by Crippen LogP contribution is -1.94. The zero-order chi connectivity index (χ0) is 11.1. The molecule has 0 fully saturated rings. The molecular formula is C16H24. The maximum atomic E-state index is 2.50. The third-order valence-electron chi connectivity index (χ3n) is 3.65. The van der Waals surface area contributed by atoms with E-state index in [0.29, 0.717) is 0 Å². The second-order valence-electron chi connectivity index (χ2n) is 5.03. The van der Waals surface area contributed by atoms with Gasteiger partial charge in [0.25, 0.3) is 0 Å². The summed E-state index contributed by atoms with van der Waals surface area (Å²) >= 11 is 0. The summed E-state index contributed by atoms with van der Waals surface area (Å²) in [6, 6.07) is 0. The summed E-state index contributed by atoms with van der Waals surface area (Å²) in [6.45, 7) is 0. The Morgan fingerprint density at radius 1 is 0.688 bits per heavy atom. The number of rotatable bonds is 1. The quantitative estimate of drug-likeness (QED) is 0.556. The summed E-state index contributed by atoms with van der Waals surface area (Å²) in [6.07, 6.45) is 23.2. The second kappa shape index (κ2) is 6.73. The minimum Gasteiger partial charge on any atom is -0.0839 e. The molecule has 0 nitrogen and oxygen atoms in total. The molecule has 88 valence electrons. The monoisotopic (exact) mass is 216 g/mol. The van der Waals surface area contributed by atoms with Gasteiger partial charge < -0.3 is 0 Å². The van der Waals surface area contributed by atoms with E-state index in [0.717, 1.165) is 0 Å². The summed E-state index contributed by atoms with van der Waals surface area (Å²) in [5.41, 5.74) is 3.15. The van der Waals surface area contributed by atoms with Crippen LogP contribution in [0.3, 0.4) is 0 Å². The highest BCUT2D eigenvalue weighted by atomic mass is 14.1. The van der Waals surface area contributed by atoms with E-state index in [1.165, 1.54) is 69.8 Å². The molecule has 0 heteroatoms. The van der Waals surface area contributed by atoms with E-state index in [2.05, 4.69) is 24.3 Å². The van der Waals surface area contributed by atoms with Crippen molar-refractivity contribution >= 4 is 0 Å². The van der Waals surface area contributed by atoms with Crippen molar-refractivity contribution in [1.82, 2.24) is 0 Å². The SMILES string of the molecule is C1=C(C2=CCCCCCC2)/C=C\CCCC1. The summed E-state index contributed by atoms with van der Waals surface area (Å²) in [4.78, 5) is 0. The van der Waals surface area contributed by atoms with Crippen LogP contribution in [0.1, 0.15) is 64.2 Å². The molecular weight excluding hydrogens is 192 g/mol. The highest BCUT2D eigenvalue weighted by Crippen LogP contribution is 2.25. The summed E-state index contributed by atoms with van der Waals surface area (Å²) in [7, 11) is 0. The van der Waals surface area contributed by atoms with Crippen LogP contribution < -0.4 is 0 Å². The largest absolute Gasteiger partial charge is 0.0839 e. The van der Waals surface area contributed by atoms with Gasteiger partial charge in [-0.15, -0.1) is 0 Å². The molecule has 0 aromatic heterocycles. The Hall–Kier alpha value is -0.780. The van der Waals surface area contributed by atoms with Crippen molar-refractivity contribution in [2.45, 2.75) is 64.2 Å². The minimum atomic E-state index is 1.27. The fraction of sp³-hybridized carbons (Fsp3) is 0.625. The van der Waals surface area contributed by atoms with Crippen molar-refractivity contribution in [2.75, 3.05) is 0 Å². The van der Waals surface area contributed by atoms with Crippen LogP contribution >= 0.6 is 0 Å². The topological polar surface area (TPSA) is 0 Å². The van der Waals surface area contributed by atoms with Crippen molar-refractivity contribution in [3.05, 3.63) is 35.5 Å². The van der Waals surface area contributed by atoms with Gasteiger partial charge in [0.1, 0.15) is 0 Å². The fourth-order valence-electron chi connectivity index (χ4n) is 2.63. The molecule has 0 saturated heterocycles. The maximum Gasteiger partial charge on any atom is -0.0271 e. The Bertz CT molecular complexity index is 291. The van der Waals surface area contributed by atoms with E-state index in [4.69, 9.17) is 0 Å². The van der Waals surface area contributed by atoms with Gasteiger partial charge in [-0.2, -0.15) is 0 Å². The molecule has 0 aromatic carbocycles. The first-order valence-electron chi connectivity index (χ1n) is 7.03. The second-order valence-corrected chi connectivity index (χ2v) is 5.03. The van der Waals surface area contributed by atoms with Crippen LogP contribution in [0.5, 0.6) is 0 Å². The van der Waals surface area contributed by atoms with Crippen molar-refractivity contribution in [2.24, 2.45) is 0 Å². The van der Waals surface area contributed by atoms with Gasteiger partial charge in [-0.05, 0) is 62.5 Å². The average molecular weight is 216 g/mol. The van der Waals surface area contributed by atoms with Gasteiger partial charge in [-0.1, -0.05) is 37.1 Å². The Balaban J connectivity index is 2.07. The zero-order valence-electron chi connectivity index (χ0n) is 10.4. The van der Waals surface area contributed by atoms with Crippen molar-refractivity contribution in [3.8, 4) is 0 Å². The Kier molecular flexibility index (Phi) is 4.92. The smallest absolute Gasteiger partial charge is 0.0271 e. The lowest BCUT2D eigenvalue weighted by molar-refractivity contribution is 0.627. The molecule has 0 radical (unpaired) electrons. The third kappa shape index (κ3) is 3.66. The van der Waals surface area contributed by atoms with Crippen LogP contribution in [0.15, 0.2) is 35.5 Å². The highest BCUT2D eigenvalue weighted by Gasteiger charge is 2.06. The number of hydrogen-bond acceptors (Lipinski definition) is 0. The van der Waals surface area contributed by atoms with Crippen LogP contribution in [-0.2, 0) is 0 Å². The maximum absolute atomic E-state index is 2.50. The first-order valence-corrected chi connectivity index (χ1v) is 7.03. The molecule has 0 aromatic rings. The van der Waals surface area contributed by atoms with E-state index in [-0.39, 0.29) is 0 Å². The molecule has 0 unspecified atom stereocenters. The van der Waals surface area contributed by atoms with Crippen LogP contribution in [0.2, 0.25) is 0 Å². The fourth-order valence-corrected chi connectivity index (χ4v) is 2.63. The molecule has 0 aliphatic heterocycles. The molecule has 0 spiro atoms. The zero-order valence-corrected chi connectivity index (χ0v) is 10.4. The molecule has 2 rings (SSSR count). The van der Waals surface area contributed by atoms with Crippen LogP contribution in [0, 0.1) is 0 Å². The summed E-state index contributed by atoms with van der Waals surface area (Å²) in [5, 5.41) is 0. The van der Waals surface area contributed by atoms with Crippen LogP contribution in [0.4, 0.5) is 0 Å². The van der Waals surface area contributed by atoms with Crippen molar-refractivity contribution < 1.29 is 0 Å². The molecule has 0 bridgehead atoms. The third-order valence-corrected chi connectivity index (χ3v) is 3.65. The minimum absolute atomic E-state index is 1.27. The van der Waals surface area contributed by atoms with Gasteiger partial charge in [0.2, 0.25) is 0 Å². The highest BCUT2D eigenvalue weighted by molar-refractivity contribution is 5.40. The number of allylic oxidation sites excluding steroid dienone is 6. The summed E-state index contributed by atoms with van der Waals surface area (Å²) in [5.74, 6) is 0. The Morgan fingerprint density at radius 2 is 1.44 bits per heavy atom. The molecule has 0 saturated carbocycles. The Labute approximate surface area is 100 Å². The molecule has 2 aliphatic carbocycles. The molecule has 2 aliphatic rings.